The van der Waals surface area contributed by atoms with E-state index in [4.69, 9.17) is 15.2 Å². The van der Waals surface area contributed by atoms with Gasteiger partial charge in [0.05, 0.1) is 20.0 Å². The van der Waals surface area contributed by atoms with Gasteiger partial charge in [-0.3, -0.25) is 4.90 Å². The van der Waals surface area contributed by atoms with Crippen LogP contribution in [0.1, 0.15) is 37.4 Å². The summed E-state index contributed by atoms with van der Waals surface area (Å²) >= 11 is 0. The molecule has 3 aromatic rings. The monoisotopic (exact) mass is 480 g/mol. The molecule has 35 heavy (non-hydrogen) atoms. The number of hydrogen-bond acceptors (Lipinski definition) is 6. The van der Waals surface area contributed by atoms with Crippen LogP contribution in [0.25, 0.3) is 0 Å². The normalized spacial score (nSPS) is 10.7. The Morgan fingerprint density at radius 3 is 2.74 bits per heavy atom. The van der Waals surface area contributed by atoms with Crippen LogP contribution in [0.15, 0.2) is 49.1 Å². The molecule has 9 heteroatoms. The van der Waals surface area contributed by atoms with Gasteiger partial charge >= 0.3 is 6.03 Å². The third kappa shape index (κ3) is 7.63. The average Bonchev–Trinajstić information content (AvgIpc) is 3.27. The first kappa shape index (κ1) is 25.9. The quantitative estimate of drug-likeness (QED) is 0.355. The summed E-state index contributed by atoms with van der Waals surface area (Å²) in [5, 5.41) is 3.00. The lowest BCUT2D eigenvalue weighted by atomic mass is 10.1. The molecule has 1 aromatic carbocycles. The van der Waals surface area contributed by atoms with Gasteiger partial charge in [0.1, 0.15) is 5.82 Å². The first-order chi connectivity index (χ1) is 17.0. The predicted octanol–water partition coefficient (Wildman–Crippen LogP) is 4.21. The molecule has 0 aliphatic rings. The van der Waals surface area contributed by atoms with Crippen molar-refractivity contribution < 1.29 is 14.3 Å². The van der Waals surface area contributed by atoms with Gasteiger partial charge in [0.25, 0.3) is 0 Å². The lowest BCUT2D eigenvalue weighted by molar-refractivity contribution is 0.246. The van der Waals surface area contributed by atoms with Crippen molar-refractivity contribution in [3.63, 3.8) is 0 Å². The van der Waals surface area contributed by atoms with E-state index in [1.807, 2.05) is 56.7 Å². The standard InChI is InChI=1S/C26H36N6O3/c1-4-32(26(33)30-12-7-14-31-19-28-18-20(31)2)22-9-10-23(24(17-22)34-3)35-15-6-5-8-21-11-13-29-25(27)16-21/h9-11,13,16-19H,4-8,12,14-15H2,1-3H3,(H2,27,29)(H,30,33). The van der Waals surface area contributed by atoms with Crippen molar-refractivity contribution in [3.8, 4) is 11.5 Å². The molecule has 0 saturated carbocycles. The van der Waals surface area contributed by atoms with Crippen LogP contribution in [0.4, 0.5) is 16.3 Å². The van der Waals surface area contributed by atoms with Crippen molar-refractivity contribution >= 4 is 17.5 Å². The van der Waals surface area contributed by atoms with E-state index < -0.39 is 0 Å². The SMILES string of the molecule is CCN(C(=O)NCCCn1cncc1C)c1ccc(OCCCCc2ccnc(N)c2)c(OC)c1. The highest BCUT2D eigenvalue weighted by atomic mass is 16.5. The summed E-state index contributed by atoms with van der Waals surface area (Å²) in [5.41, 5.74) is 8.78. The lowest BCUT2D eigenvalue weighted by Gasteiger charge is -2.23. The van der Waals surface area contributed by atoms with Crippen LogP contribution in [0.3, 0.4) is 0 Å². The van der Waals surface area contributed by atoms with Gasteiger partial charge in [0.15, 0.2) is 11.5 Å². The minimum absolute atomic E-state index is 0.137. The van der Waals surface area contributed by atoms with Gasteiger partial charge in [-0.05, 0) is 69.4 Å². The van der Waals surface area contributed by atoms with Gasteiger partial charge in [0, 0.05) is 49.5 Å². The molecule has 0 radical (unpaired) electrons. The second kappa shape index (κ2) is 13.2. The van der Waals surface area contributed by atoms with Crippen molar-refractivity contribution in [2.75, 3.05) is 37.4 Å². The Bertz CT molecular complexity index is 1080. The summed E-state index contributed by atoms with van der Waals surface area (Å²) in [6.07, 6.45) is 9.00. The van der Waals surface area contributed by atoms with Crippen LogP contribution in [-0.4, -0.2) is 47.4 Å². The minimum atomic E-state index is -0.137. The summed E-state index contributed by atoms with van der Waals surface area (Å²) in [5.74, 6) is 1.81. The van der Waals surface area contributed by atoms with Gasteiger partial charge in [-0.15, -0.1) is 0 Å². The van der Waals surface area contributed by atoms with Crippen molar-refractivity contribution in [1.82, 2.24) is 19.9 Å². The predicted molar refractivity (Wildman–Crippen MR) is 138 cm³/mol. The zero-order chi connectivity index (χ0) is 25.0. The fourth-order valence-electron chi connectivity index (χ4n) is 3.81. The van der Waals surface area contributed by atoms with Crippen LogP contribution in [0.5, 0.6) is 11.5 Å². The third-order valence-corrected chi connectivity index (χ3v) is 5.76. The highest BCUT2D eigenvalue weighted by Gasteiger charge is 2.16. The summed E-state index contributed by atoms with van der Waals surface area (Å²) < 4.78 is 13.6. The first-order valence-electron chi connectivity index (χ1n) is 12.0. The zero-order valence-corrected chi connectivity index (χ0v) is 20.9. The second-order valence-electron chi connectivity index (χ2n) is 8.29. The molecule has 3 rings (SSSR count). The van der Waals surface area contributed by atoms with Gasteiger partial charge in [0.2, 0.25) is 0 Å². The van der Waals surface area contributed by atoms with Crippen molar-refractivity contribution in [2.45, 2.75) is 46.1 Å². The summed E-state index contributed by atoms with van der Waals surface area (Å²) in [6.45, 7) is 6.47. The fourth-order valence-corrected chi connectivity index (χ4v) is 3.81. The topological polar surface area (TPSA) is 108 Å². The van der Waals surface area contributed by atoms with Gasteiger partial charge < -0.3 is 25.1 Å². The molecule has 9 nitrogen and oxygen atoms in total. The number of nitrogen functional groups attached to an aromatic ring is 1. The molecule has 0 spiro atoms. The first-order valence-corrected chi connectivity index (χ1v) is 12.0. The number of amides is 2. The molecule has 0 fully saturated rings. The largest absolute Gasteiger partial charge is 0.493 e. The minimum Gasteiger partial charge on any atom is -0.493 e. The number of aryl methyl sites for hydroxylation is 3. The van der Waals surface area contributed by atoms with Crippen LogP contribution in [0, 0.1) is 6.92 Å². The Hall–Kier alpha value is -3.75. The number of urea groups is 1. The number of benzene rings is 1. The van der Waals surface area contributed by atoms with Gasteiger partial charge in [-0.25, -0.2) is 14.8 Å². The number of rotatable bonds is 13. The van der Waals surface area contributed by atoms with E-state index in [-0.39, 0.29) is 6.03 Å². The van der Waals surface area contributed by atoms with Crippen molar-refractivity contribution in [3.05, 3.63) is 60.3 Å². The molecular weight excluding hydrogens is 444 g/mol. The van der Waals surface area contributed by atoms with E-state index in [1.54, 1.807) is 18.2 Å². The molecule has 0 bridgehead atoms. The molecule has 0 unspecified atom stereocenters. The number of methoxy groups -OCH3 is 1. The molecule has 0 aliphatic heterocycles. The van der Waals surface area contributed by atoms with Gasteiger partial charge in [-0.1, -0.05) is 0 Å². The molecule has 188 valence electrons. The van der Waals surface area contributed by atoms with Crippen LogP contribution in [0.2, 0.25) is 0 Å². The number of anilines is 2. The molecule has 2 amide bonds. The molecular formula is C26H36N6O3. The number of aromatic nitrogens is 3. The molecule has 2 heterocycles. The number of nitrogens with one attached hydrogen (secondary N) is 1. The highest BCUT2D eigenvalue weighted by molar-refractivity contribution is 5.92. The lowest BCUT2D eigenvalue weighted by Crippen LogP contribution is -2.40. The van der Waals surface area contributed by atoms with E-state index in [0.717, 1.165) is 43.6 Å². The number of ether oxygens (including phenoxy) is 2. The summed E-state index contributed by atoms with van der Waals surface area (Å²) in [4.78, 5) is 22.6. The Morgan fingerprint density at radius 2 is 2.03 bits per heavy atom. The molecule has 0 aliphatic carbocycles. The summed E-state index contributed by atoms with van der Waals surface area (Å²) in [7, 11) is 1.61. The number of nitrogens with two attached hydrogens (primary N) is 1. The van der Waals surface area contributed by atoms with E-state index in [9.17, 15) is 4.79 Å². The Labute approximate surface area is 207 Å². The molecule has 3 N–H and O–H groups in total. The van der Waals surface area contributed by atoms with Gasteiger partial charge in [-0.2, -0.15) is 0 Å². The van der Waals surface area contributed by atoms with Crippen LogP contribution < -0.4 is 25.4 Å². The highest BCUT2D eigenvalue weighted by Crippen LogP contribution is 2.32. The number of imidazole rings is 1. The fraction of sp³-hybridized carbons (Fsp3) is 0.423. The second-order valence-corrected chi connectivity index (χ2v) is 8.29. The van der Waals surface area contributed by atoms with Crippen molar-refractivity contribution in [2.24, 2.45) is 0 Å². The average molecular weight is 481 g/mol. The Morgan fingerprint density at radius 1 is 1.17 bits per heavy atom. The Balaban J connectivity index is 1.47. The van der Waals surface area contributed by atoms with Crippen LogP contribution in [-0.2, 0) is 13.0 Å². The van der Waals surface area contributed by atoms with Crippen molar-refractivity contribution in [1.29, 1.82) is 0 Å². The van der Waals surface area contributed by atoms with E-state index in [0.29, 0.717) is 37.0 Å². The molecule has 0 saturated heterocycles. The third-order valence-electron chi connectivity index (χ3n) is 5.76. The maximum Gasteiger partial charge on any atom is 0.321 e. The number of unbranched alkanes of at least 4 members (excludes halogenated alkanes) is 1. The van der Waals surface area contributed by atoms with E-state index >= 15 is 0 Å². The number of carbonyl (C=O) groups is 1. The number of nitrogens with zero attached hydrogens (tertiary/aromatic N) is 4. The maximum atomic E-state index is 12.8. The number of hydrogen-bond donors (Lipinski definition) is 2. The van der Waals surface area contributed by atoms with E-state index in [1.165, 1.54) is 5.56 Å². The Kier molecular flexibility index (Phi) is 9.77. The summed E-state index contributed by atoms with van der Waals surface area (Å²) in [6, 6.07) is 9.33. The van der Waals surface area contributed by atoms with E-state index in [2.05, 4.69) is 19.9 Å². The molecule has 0 atom stereocenters. The number of carbonyl (C=O) groups excluding carboxylic acids is 1. The number of pyridine rings is 1. The maximum absolute atomic E-state index is 12.8. The zero-order valence-electron chi connectivity index (χ0n) is 20.9. The smallest absolute Gasteiger partial charge is 0.321 e. The molecule has 2 aromatic heterocycles. The van der Waals surface area contributed by atoms with Crippen LogP contribution >= 0.6 is 0 Å².